The first-order valence-electron chi connectivity index (χ1n) is 5.84. The number of rotatable bonds is 3. The Kier molecular flexibility index (Phi) is 4.07. The van der Waals surface area contributed by atoms with Crippen molar-refractivity contribution >= 4 is 23.3 Å². The van der Waals surface area contributed by atoms with Gasteiger partial charge in [-0.2, -0.15) is 0 Å². The number of carbonyl (C=O) groups excluding carboxylic acids is 1. The van der Waals surface area contributed by atoms with E-state index in [1.807, 2.05) is 25.1 Å². The molecule has 0 saturated carbocycles. The highest BCUT2D eigenvalue weighted by Gasteiger charge is 2.11. The number of nitrogen functional groups attached to an aromatic ring is 1. The van der Waals surface area contributed by atoms with Crippen LogP contribution in [0.25, 0.3) is 0 Å². The van der Waals surface area contributed by atoms with Crippen LogP contribution in [0.1, 0.15) is 21.5 Å². The molecule has 0 aromatic heterocycles. The zero-order valence-corrected chi connectivity index (χ0v) is 11.3. The summed E-state index contributed by atoms with van der Waals surface area (Å²) >= 11 is 5.78. The van der Waals surface area contributed by atoms with Crippen molar-refractivity contribution in [2.24, 2.45) is 0 Å². The van der Waals surface area contributed by atoms with Gasteiger partial charge in [0.2, 0.25) is 0 Å². The van der Waals surface area contributed by atoms with Crippen molar-refractivity contribution in [3.8, 4) is 0 Å². The molecule has 3 nitrogen and oxygen atoms in total. The predicted molar refractivity (Wildman–Crippen MR) is 76.2 cm³/mol. The Morgan fingerprint density at radius 3 is 2.58 bits per heavy atom. The third-order valence-electron chi connectivity index (χ3n) is 2.71. The van der Waals surface area contributed by atoms with Gasteiger partial charge in [-0.1, -0.05) is 35.4 Å². The molecule has 0 aliphatic rings. The molecule has 98 valence electrons. The lowest BCUT2D eigenvalue weighted by molar-refractivity contribution is 0.0474. The molecule has 0 atom stereocenters. The molecule has 19 heavy (non-hydrogen) atoms. The van der Waals surface area contributed by atoms with Crippen LogP contribution < -0.4 is 5.73 Å². The number of hydrogen-bond acceptors (Lipinski definition) is 3. The lowest BCUT2D eigenvalue weighted by atomic mass is 10.1. The molecule has 0 bridgehead atoms. The van der Waals surface area contributed by atoms with Crippen molar-refractivity contribution in [3.05, 3.63) is 64.2 Å². The van der Waals surface area contributed by atoms with Gasteiger partial charge >= 0.3 is 5.97 Å². The molecule has 0 heterocycles. The number of aryl methyl sites for hydroxylation is 1. The van der Waals surface area contributed by atoms with Gasteiger partial charge in [0.15, 0.2) is 0 Å². The highest BCUT2D eigenvalue weighted by molar-refractivity contribution is 6.30. The molecule has 0 fully saturated rings. The van der Waals surface area contributed by atoms with Crippen molar-refractivity contribution in [3.63, 3.8) is 0 Å². The van der Waals surface area contributed by atoms with Gasteiger partial charge in [-0.25, -0.2) is 4.79 Å². The number of benzene rings is 2. The van der Waals surface area contributed by atoms with Crippen molar-refractivity contribution in [2.45, 2.75) is 13.5 Å². The van der Waals surface area contributed by atoms with E-state index in [-0.39, 0.29) is 6.61 Å². The van der Waals surface area contributed by atoms with E-state index in [0.29, 0.717) is 16.3 Å². The lowest BCUT2D eigenvalue weighted by Gasteiger charge is -2.08. The number of ether oxygens (including phenoxy) is 1. The van der Waals surface area contributed by atoms with E-state index in [4.69, 9.17) is 22.1 Å². The molecule has 0 aliphatic carbocycles. The zero-order valence-electron chi connectivity index (χ0n) is 10.5. The molecule has 0 radical (unpaired) electrons. The monoisotopic (exact) mass is 275 g/mol. The van der Waals surface area contributed by atoms with Gasteiger partial charge in [0.05, 0.1) is 5.56 Å². The van der Waals surface area contributed by atoms with Crippen LogP contribution >= 0.6 is 11.6 Å². The first kappa shape index (κ1) is 13.4. The Morgan fingerprint density at radius 2 is 1.89 bits per heavy atom. The summed E-state index contributed by atoms with van der Waals surface area (Å²) in [6, 6.07) is 12.4. The Bertz CT molecular complexity index is 594. The molecule has 0 aliphatic heterocycles. The molecular weight excluding hydrogens is 262 g/mol. The van der Waals surface area contributed by atoms with Crippen LogP contribution in [0.2, 0.25) is 5.02 Å². The molecule has 0 saturated heterocycles. The van der Waals surface area contributed by atoms with E-state index in [1.54, 1.807) is 24.3 Å². The summed E-state index contributed by atoms with van der Waals surface area (Å²) in [6.45, 7) is 2.10. The Balaban J connectivity index is 2.05. The van der Waals surface area contributed by atoms with Crippen LogP contribution in [0.3, 0.4) is 0 Å². The predicted octanol–water partition coefficient (Wildman–Crippen LogP) is 3.59. The first-order valence-corrected chi connectivity index (χ1v) is 6.22. The van der Waals surface area contributed by atoms with Gasteiger partial charge in [0, 0.05) is 10.7 Å². The average Bonchev–Trinajstić information content (AvgIpc) is 2.40. The SMILES string of the molecule is Cc1ccc(N)c(C(=O)OCc2ccc(Cl)cc2)c1. The number of carbonyl (C=O) groups is 1. The third kappa shape index (κ3) is 3.48. The Hall–Kier alpha value is -2.00. The number of esters is 1. The molecule has 4 heteroatoms. The summed E-state index contributed by atoms with van der Waals surface area (Å²) in [5.41, 5.74) is 8.43. The standard InChI is InChI=1S/C15H14ClNO2/c1-10-2-7-14(17)13(8-10)15(18)19-9-11-3-5-12(16)6-4-11/h2-8H,9,17H2,1H3. The normalized spacial score (nSPS) is 10.2. The maximum absolute atomic E-state index is 11.9. The van der Waals surface area contributed by atoms with Crippen LogP contribution in [0.15, 0.2) is 42.5 Å². The second kappa shape index (κ2) is 5.76. The van der Waals surface area contributed by atoms with Crippen LogP contribution in [0.4, 0.5) is 5.69 Å². The molecule has 0 amide bonds. The maximum Gasteiger partial charge on any atom is 0.340 e. The lowest BCUT2D eigenvalue weighted by Crippen LogP contribution is -2.08. The third-order valence-corrected chi connectivity index (χ3v) is 2.96. The van der Waals surface area contributed by atoms with Crippen molar-refractivity contribution in [2.75, 3.05) is 5.73 Å². The summed E-state index contributed by atoms with van der Waals surface area (Å²) in [5, 5.41) is 0.651. The molecule has 2 N–H and O–H groups in total. The summed E-state index contributed by atoms with van der Waals surface area (Å²) < 4.78 is 5.23. The first-order chi connectivity index (χ1) is 9.06. The average molecular weight is 276 g/mol. The van der Waals surface area contributed by atoms with E-state index >= 15 is 0 Å². The highest BCUT2D eigenvalue weighted by Crippen LogP contribution is 2.16. The van der Waals surface area contributed by atoms with E-state index in [1.165, 1.54) is 0 Å². The number of anilines is 1. The van der Waals surface area contributed by atoms with E-state index in [2.05, 4.69) is 0 Å². The largest absolute Gasteiger partial charge is 0.457 e. The van der Waals surface area contributed by atoms with Gasteiger partial charge in [-0.15, -0.1) is 0 Å². The molecule has 2 rings (SSSR count). The maximum atomic E-state index is 11.9. The zero-order chi connectivity index (χ0) is 13.8. The fourth-order valence-corrected chi connectivity index (χ4v) is 1.78. The van der Waals surface area contributed by atoms with Crippen LogP contribution in [-0.2, 0) is 11.3 Å². The summed E-state index contributed by atoms with van der Waals surface area (Å²) in [4.78, 5) is 11.9. The van der Waals surface area contributed by atoms with E-state index < -0.39 is 5.97 Å². The second-order valence-electron chi connectivity index (χ2n) is 4.29. The quantitative estimate of drug-likeness (QED) is 0.688. The smallest absolute Gasteiger partial charge is 0.340 e. The van der Waals surface area contributed by atoms with Gasteiger partial charge in [-0.05, 0) is 36.8 Å². The molecule has 2 aromatic rings. The summed E-state index contributed by atoms with van der Waals surface area (Å²) in [5.74, 6) is -0.420. The number of hydrogen-bond donors (Lipinski definition) is 1. The Morgan fingerprint density at radius 1 is 1.21 bits per heavy atom. The van der Waals surface area contributed by atoms with Gasteiger partial charge in [0.25, 0.3) is 0 Å². The Labute approximate surface area is 117 Å². The van der Waals surface area contributed by atoms with Gasteiger partial charge < -0.3 is 10.5 Å². The van der Waals surface area contributed by atoms with Crippen LogP contribution in [0, 0.1) is 6.92 Å². The van der Waals surface area contributed by atoms with Crippen molar-refractivity contribution in [1.29, 1.82) is 0 Å². The van der Waals surface area contributed by atoms with Gasteiger partial charge in [0.1, 0.15) is 6.61 Å². The fraction of sp³-hybridized carbons (Fsp3) is 0.133. The fourth-order valence-electron chi connectivity index (χ4n) is 1.65. The minimum atomic E-state index is -0.420. The molecule has 0 unspecified atom stereocenters. The minimum Gasteiger partial charge on any atom is -0.457 e. The molecular formula is C15H14ClNO2. The van der Waals surface area contributed by atoms with Gasteiger partial charge in [-0.3, -0.25) is 0 Å². The second-order valence-corrected chi connectivity index (χ2v) is 4.73. The van der Waals surface area contributed by atoms with Crippen molar-refractivity contribution in [1.82, 2.24) is 0 Å². The number of nitrogens with two attached hydrogens (primary N) is 1. The molecule has 2 aromatic carbocycles. The van der Waals surface area contributed by atoms with Crippen molar-refractivity contribution < 1.29 is 9.53 Å². The summed E-state index contributed by atoms with van der Waals surface area (Å²) in [6.07, 6.45) is 0. The van der Waals surface area contributed by atoms with E-state index in [0.717, 1.165) is 11.1 Å². The van der Waals surface area contributed by atoms with Crippen LogP contribution in [-0.4, -0.2) is 5.97 Å². The number of halogens is 1. The highest BCUT2D eigenvalue weighted by atomic mass is 35.5. The topological polar surface area (TPSA) is 52.3 Å². The van der Waals surface area contributed by atoms with E-state index in [9.17, 15) is 4.79 Å². The van der Waals surface area contributed by atoms with Crippen LogP contribution in [0.5, 0.6) is 0 Å². The summed E-state index contributed by atoms with van der Waals surface area (Å²) in [7, 11) is 0. The minimum absolute atomic E-state index is 0.198. The molecule has 0 spiro atoms.